The first-order valence-electron chi connectivity index (χ1n) is 7.11. The van der Waals surface area contributed by atoms with Crippen LogP contribution in [-0.4, -0.2) is 14.5 Å². The molecule has 0 bridgehead atoms. The number of aromatic nitrogens is 3. The summed E-state index contributed by atoms with van der Waals surface area (Å²) in [5.41, 5.74) is 7.88. The van der Waals surface area contributed by atoms with E-state index in [1.54, 1.807) is 11.3 Å². The van der Waals surface area contributed by atoms with Gasteiger partial charge in [0.15, 0.2) is 0 Å². The van der Waals surface area contributed by atoms with Crippen molar-refractivity contribution in [2.75, 3.05) is 0 Å². The van der Waals surface area contributed by atoms with Crippen LogP contribution < -0.4 is 11.3 Å². The first-order valence-corrected chi connectivity index (χ1v) is 8.06. The lowest BCUT2D eigenvalue weighted by molar-refractivity contribution is 0.512. The average Bonchev–Trinajstić information content (AvgIpc) is 3.14. The summed E-state index contributed by atoms with van der Waals surface area (Å²) in [5, 5.41) is 2.03. The highest BCUT2D eigenvalue weighted by atomic mass is 32.1. The van der Waals surface area contributed by atoms with Crippen molar-refractivity contribution in [3.05, 3.63) is 46.7 Å². The average molecular weight is 301 g/mol. The fourth-order valence-electron chi connectivity index (χ4n) is 2.58. The number of thiazole rings is 1. The van der Waals surface area contributed by atoms with E-state index in [0.717, 1.165) is 36.4 Å². The highest BCUT2D eigenvalue weighted by Crippen LogP contribution is 2.22. The molecule has 21 heavy (non-hydrogen) atoms. The zero-order chi connectivity index (χ0) is 14.7. The van der Waals surface area contributed by atoms with Gasteiger partial charge in [-0.1, -0.05) is 19.1 Å². The normalized spacial score (nSPS) is 12.9. The Balaban J connectivity index is 1.97. The van der Waals surface area contributed by atoms with Gasteiger partial charge in [-0.3, -0.25) is 11.3 Å². The van der Waals surface area contributed by atoms with Crippen molar-refractivity contribution in [3.8, 4) is 0 Å². The number of nitrogens with one attached hydrogen (secondary N) is 1. The second kappa shape index (κ2) is 6.34. The zero-order valence-electron chi connectivity index (χ0n) is 12.0. The van der Waals surface area contributed by atoms with Gasteiger partial charge in [0.25, 0.3) is 0 Å². The van der Waals surface area contributed by atoms with E-state index in [9.17, 15) is 0 Å². The summed E-state index contributed by atoms with van der Waals surface area (Å²) < 4.78 is 2.28. The molecule has 0 aliphatic heterocycles. The van der Waals surface area contributed by atoms with Crippen LogP contribution in [0.3, 0.4) is 0 Å². The predicted molar refractivity (Wildman–Crippen MR) is 85.9 cm³/mol. The topological polar surface area (TPSA) is 68.8 Å². The Kier molecular flexibility index (Phi) is 4.28. The highest BCUT2D eigenvalue weighted by Gasteiger charge is 2.17. The van der Waals surface area contributed by atoms with Gasteiger partial charge in [0.1, 0.15) is 5.82 Å². The SMILES string of the molecule is CCCn1c(CC(NN)c2cscn2)nc2ccccc21. The third-order valence-electron chi connectivity index (χ3n) is 3.58. The molecule has 0 aliphatic rings. The van der Waals surface area contributed by atoms with E-state index in [1.165, 1.54) is 5.52 Å². The predicted octanol–water partition coefficient (Wildman–Crippen LogP) is 2.65. The molecular weight excluding hydrogens is 282 g/mol. The van der Waals surface area contributed by atoms with Crippen LogP contribution in [0.1, 0.15) is 30.9 Å². The van der Waals surface area contributed by atoms with Gasteiger partial charge >= 0.3 is 0 Å². The molecule has 0 aliphatic carbocycles. The summed E-state index contributed by atoms with van der Waals surface area (Å²) >= 11 is 1.58. The number of hydrogen-bond donors (Lipinski definition) is 2. The molecule has 2 aromatic heterocycles. The number of hydrazine groups is 1. The number of aryl methyl sites for hydroxylation is 1. The van der Waals surface area contributed by atoms with Crippen molar-refractivity contribution in [2.24, 2.45) is 5.84 Å². The Bertz CT molecular complexity index is 704. The number of benzene rings is 1. The standard InChI is InChI=1S/C15H19N5S/c1-2-7-20-14-6-4-3-5-11(14)18-15(20)8-12(19-16)13-9-21-10-17-13/h3-6,9-10,12,19H,2,7-8,16H2,1H3. The first kappa shape index (κ1) is 14.2. The van der Waals surface area contributed by atoms with Crippen LogP contribution in [0.5, 0.6) is 0 Å². The molecule has 0 fully saturated rings. The number of imidazole rings is 1. The maximum atomic E-state index is 5.71. The van der Waals surface area contributed by atoms with Gasteiger partial charge in [0.2, 0.25) is 0 Å². The summed E-state index contributed by atoms with van der Waals surface area (Å²) in [7, 11) is 0. The minimum atomic E-state index is -0.0105. The molecular formula is C15H19N5S. The van der Waals surface area contributed by atoms with Crippen LogP contribution in [0.4, 0.5) is 0 Å². The highest BCUT2D eigenvalue weighted by molar-refractivity contribution is 7.07. The molecule has 0 radical (unpaired) electrons. The van der Waals surface area contributed by atoms with Gasteiger partial charge in [-0.25, -0.2) is 9.97 Å². The Hall–Kier alpha value is -1.76. The Morgan fingerprint density at radius 1 is 1.38 bits per heavy atom. The van der Waals surface area contributed by atoms with Crippen LogP contribution >= 0.6 is 11.3 Å². The van der Waals surface area contributed by atoms with Crippen molar-refractivity contribution in [1.82, 2.24) is 20.0 Å². The molecule has 6 heteroatoms. The van der Waals surface area contributed by atoms with Crippen LogP contribution in [0.25, 0.3) is 11.0 Å². The summed E-state index contributed by atoms with van der Waals surface area (Å²) in [5.74, 6) is 6.76. The van der Waals surface area contributed by atoms with Crippen LogP contribution in [0.15, 0.2) is 35.2 Å². The lowest BCUT2D eigenvalue weighted by Gasteiger charge is -2.14. The molecule has 0 amide bonds. The maximum absolute atomic E-state index is 5.71. The van der Waals surface area contributed by atoms with E-state index < -0.39 is 0 Å². The molecule has 5 nitrogen and oxygen atoms in total. The smallest absolute Gasteiger partial charge is 0.111 e. The maximum Gasteiger partial charge on any atom is 0.111 e. The zero-order valence-corrected chi connectivity index (χ0v) is 12.8. The number of hydrogen-bond acceptors (Lipinski definition) is 5. The van der Waals surface area contributed by atoms with Crippen molar-refractivity contribution in [3.63, 3.8) is 0 Å². The number of fused-ring (bicyclic) bond motifs is 1. The number of rotatable bonds is 6. The second-order valence-electron chi connectivity index (χ2n) is 5.01. The molecule has 2 heterocycles. The van der Waals surface area contributed by atoms with Gasteiger partial charge in [0.05, 0.1) is 28.3 Å². The van der Waals surface area contributed by atoms with Gasteiger partial charge in [-0.15, -0.1) is 11.3 Å². The van der Waals surface area contributed by atoms with Gasteiger partial charge in [0, 0.05) is 18.3 Å². The molecule has 3 rings (SSSR count). The molecule has 3 N–H and O–H groups in total. The number of para-hydroxylation sites is 2. The Morgan fingerprint density at radius 3 is 2.95 bits per heavy atom. The fraction of sp³-hybridized carbons (Fsp3) is 0.333. The van der Waals surface area contributed by atoms with Crippen molar-refractivity contribution in [2.45, 2.75) is 32.4 Å². The molecule has 1 unspecified atom stereocenters. The molecule has 1 atom stereocenters. The lowest BCUT2D eigenvalue weighted by atomic mass is 10.1. The third-order valence-corrected chi connectivity index (χ3v) is 4.18. The monoisotopic (exact) mass is 301 g/mol. The van der Waals surface area contributed by atoms with Gasteiger partial charge in [-0.2, -0.15) is 0 Å². The quantitative estimate of drug-likeness (QED) is 0.542. The van der Waals surface area contributed by atoms with Gasteiger partial charge < -0.3 is 4.57 Å². The van der Waals surface area contributed by atoms with E-state index in [-0.39, 0.29) is 6.04 Å². The Morgan fingerprint density at radius 2 is 2.24 bits per heavy atom. The van der Waals surface area contributed by atoms with Crippen LogP contribution in [0, 0.1) is 0 Å². The molecule has 1 aromatic carbocycles. The molecule has 3 aromatic rings. The summed E-state index contributed by atoms with van der Waals surface area (Å²) in [6.07, 6.45) is 1.81. The summed E-state index contributed by atoms with van der Waals surface area (Å²) in [6.45, 7) is 3.14. The minimum absolute atomic E-state index is 0.0105. The van der Waals surface area contributed by atoms with Crippen LogP contribution in [-0.2, 0) is 13.0 Å². The van der Waals surface area contributed by atoms with Crippen molar-refractivity contribution < 1.29 is 0 Å². The van der Waals surface area contributed by atoms with Crippen molar-refractivity contribution >= 4 is 22.4 Å². The van der Waals surface area contributed by atoms with E-state index in [4.69, 9.17) is 10.8 Å². The molecule has 110 valence electrons. The third kappa shape index (κ3) is 2.83. The first-order chi connectivity index (χ1) is 10.3. The van der Waals surface area contributed by atoms with Crippen LogP contribution in [0.2, 0.25) is 0 Å². The van der Waals surface area contributed by atoms with E-state index >= 15 is 0 Å². The molecule has 0 saturated carbocycles. The van der Waals surface area contributed by atoms with Crippen molar-refractivity contribution in [1.29, 1.82) is 0 Å². The number of nitrogens with two attached hydrogens (primary N) is 1. The summed E-state index contributed by atoms with van der Waals surface area (Å²) in [6, 6.07) is 8.24. The lowest BCUT2D eigenvalue weighted by Crippen LogP contribution is -2.30. The summed E-state index contributed by atoms with van der Waals surface area (Å²) in [4.78, 5) is 9.12. The van der Waals surface area contributed by atoms with Gasteiger partial charge in [-0.05, 0) is 18.6 Å². The van der Waals surface area contributed by atoms with E-state index in [1.807, 2.05) is 17.0 Å². The number of nitrogens with zero attached hydrogens (tertiary/aromatic N) is 3. The largest absolute Gasteiger partial charge is 0.328 e. The van der Waals surface area contributed by atoms with E-state index in [0.29, 0.717) is 0 Å². The second-order valence-corrected chi connectivity index (χ2v) is 5.72. The molecule has 0 saturated heterocycles. The minimum Gasteiger partial charge on any atom is -0.328 e. The molecule has 0 spiro atoms. The fourth-order valence-corrected chi connectivity index (χ4v) is 3.19. The Labute approximate surface area is 127 Å². The van der Waals surface area contributed by atoms with E-state index in [2.05, 4.69) is 40.1 Å².